The minimum absolute atomic E-state index is 0.432. The van der Waals surface area contributed by atoms with Gasteiger partial charge in [0.2, 0.25) is 15.2 Å². The predicted molar refractivity (Wildman–Crippen MR) is 130 cm³/mol. The summed E-state index contributed by atoms with van der Waals surface area (Å²) >= 11 is 7.33. The third-order valence-corrected chi connectivity index (χ3v) is 8.93. The normalized spacial score (nSPS) is 15.7. The highest BCUT2D eigenvalue weighted by molar-refractivity contribution is 7.89. The number of nitrogens with zero attached hydrogens (tertiary/aromatic N) is 4. The fourth-order valence-electron chi connectivity index (χ4n) is 4.26. The number of benzene rings is 2. The Morgan fingerprint density at radius 2 is 1.69 bits per heavy atom. The molecule has 0 bridgehead atoms. The number of aromatic nitrogens is 2. The van der Waals surface area contributed by atoms with Gasteiger partial charge in [-0.15, -0.1) is 0 Å². The molecule has 3 aromatic rings. The first-order chi connectivity index (χ1) is 15.2. The van der Waals surface area contributed by atoms with Crippen LogP contribution in [0.15, 0.2) is 41.3 Å². The van der Waals surface area contributed by atoms with E-state index >= 15 is 0 Å². The third-order valence-electron chi connectivity index (χ3n) is 5.66. The molecule has 9 heteroatoms. The van der Waals surface area contributed by atoms with E-state index in [2.05, 4.69) is 9.27 Å². The quantitative estimate of drug-likeness (QED) is 0.522. The zero-order chi connectivity index (χ0) is 22.9. The molecule has 0 atom stereocenters. The fraction of sp³-hybridized carbons (Fsp3) is 0.391. The topological polar surface area (TPSA) is 66.4 Å². The Morgan fingerprint density at radius 1 is 1.00 bits per heavy atom. The van der Waals surface area contributed by atoms with E-state index in [4.69, 9.17) is 16.6 Å². The van der Waals surface area contributed by atoms with Gasteiger partial charge in [0.05, 0.1) is 4.90 Å². The molecule has 0 unspecified atom stereocenters. The zero-order valence-corrected chi connectivity index (χ0v) is 20.9. The number of aryl methyl sites for hydroxylation is 3. The van der Waals surface area contributed by atoms with Crippen LogP contribution >= 0.6 is 23.1 Å². The maximum absolute atomic E-state index is 13.4. The smallest absolute Gasteiger partial charge is 0.243 e. The van der Waals surface area contributed by atoms with Crippen molar-refractivity contribution in [2.75, 3.05) is 31.1 Å². The highest BCUT2D eigenvalue weighted by Gasteiger charge is 2.30. The standard InChI is InChI=1S/C23H27ClN4O2S2/c1-16-13-17(2)22(18(3)14-16)32(29,30)28-10-4-9-27(11-12-28)23-25-21(26-31-23)15-19-5-7-20(24)8-6-19/h5-8,13-14H,4,9-12,15H2,1-3H3. The molecule has 1 saturated heterocycles. The van der Waals surface area contributed by atoms with E-state index in [9.17, 15) is 8.42 Å². The van der Waals surface area contributed by atoms with Crippen LogP contribution in [0.2, 0.25) is 5.02 Å². The van der Waals surface area contributed by atoms with Crippen LogP contribution in [0.3, 0.4) is 0 Å². The van der Waals surface area contributed by atoms with E-state index in [1.807, 2.05) is 57.2 Å². The summed E-state index contributed by atoms with van der Waals surface area (Å²) in [5, 5.41) is 1.55. The summed E-state index contributed by atoms with van der Waals surface area (Å²) in [6, 6.07) is 11.6. The molecule has 6 nitrogen and oxygen atoms in total. The van der Waals surface area contributed by atoms with E-state index in [1.165, 1.54) is 11.5 Å². The Kier molecular flexibility index (Phi) is 6.86. The Morgan fingerprint density at radius 3 is 2.38 bits per heavy atom. The monoisotopic (exact) mass is 490 g/mol. The van der Waals surface area contributed by atoms with Crippen molar-refractivity contribution in [2.45, 2.75) is 38.5 Å². The minimum atomic E-state index is -3.54. The molecule has 4 rings (SSSR count). The van der Waals surface area contributed by atoms with E-state index < -0.39 is 10.0 Å². The van der Waals surface area contributed by atoms with Crippen LogP contribution in [0.5, 0.6) is 0 Å². The number of sulfonamides is 1. The van der Waals surface area contributed by atoms with Crippen LogP contribution in [-0.4, -0.2) is 48.3 Å². The predicted octanol–water partition coefficient (Wildman–Crippen LogP) is 4.61. The second-order valence-electron chi connectivity index (χ2n) is 8.27. The van der Waals surface area contributed by atoms with Crippen molar-refractivity contribution in [3.63, 3.8) is 0 Å². The fourth-order valence-corrected chi connectivity index (χ4v) is 7.00. The molecular weight excluding hydrogens is 464 g/mol. The lowest BCUT2D eigenvalue weighted by atomic mass is 10.1. The molecular formula is C23H27ClN4O2S2. The molecule has 2 aromatic carbocycles. The molecule has 0 aliphatic carbocycles. The van der Waals surface area contributed by atoms with E-state index in [1.54, 1.807) is 4.31 Å². The molecule has 2 heterocycles. The van der Waals surface area contributed by atoms with Crippen molar-refractivity contribution in [3.05, 3.63) is 69.5 Å². The molecule has 1 aliphatic rings. The molecule has 1 aliphatic heterocycles. The van der Waals surface area contributed by atoms with Crippen LogP contribution in [0, 0.1) is 20.8 Å². The maximum atomic E-state index is 13.4. The summed E-state index contributed by atoms with van der Waals surface area (Å²) in [7, 11) is -3.54. The van der Waals surface area contributed by atoms with Gasteiger partial charge in [-0.2, -0.15) is 8.68 Å². The van der Waals surface area contributed by atoms with Gasteiger partial charge in [0.15, 0.2) is 0 Å². The Hall–Kier alpha value is -2.00. The van der Waals surface area contributed by atoms with Crippen molar-refractivity contribution in [1.82, 2.24) is 13.7 Å². The van der Waals surface area contributed by atoms with Gasteiger partial charge in [-0.25, -0.2) is 13.4 Å². The van der Waals surface area contributed by atoms with Gasteiger partial charge in [0, 0.05) is 49.2 Å². The average molecular weight is 491 g/mol. The van der Waals surface area contributed by atoms with Crippen molar-refractivity contribution in [3.8, 4) is 0 Å². The van der Waals surface area contributed by atoms with Gasteiger partial charge in [-0.1, -0.05) is 41.4 Å². The highest BCUT2D eigenvalue weighted by Crippen LogP contribution is 2.27. The summed E-state index contributed by atoms with van der Waals surface area (Å²) in [5.41, 5.74) is 3.79. The SMILES string of the molecule is Cc1cc(C)c(S(=O)(=O)N2CCCN(c3nc(Cc4ccc(Cl)cc4)ns3)CC2)c(C)c1. The van der Waals surface area contributed by atoms with Crippen LogP contribution in [-0.2, 0) is 16.4 Å². The van der Waals surface area contributed by atoms with Gasteiger partial charge in [0.1, 0.15) is 5.82 Å². The van der Waals surface area contributed by atoms with Gasteiger partial charge in [-0.05, 0) is 56.0 Å². The van der Waals surface area contributed by atoms with Crippen LogP contribution in [0.1, 0.15) is 34.5 Å². The highest BCUT2D eigenvalue weighted by atomic mass is 35.5. The molecule has 0 saturated carbocycles. The van der Waals surface area contributed by atoms with Crippen molar-refractivity contribution >= 4 is 38.3 Å². The minimum Gasteiger partial charge on any atom is -0.345 e. The first-order valence-electron chi connectivity index (χ1n) is 10.6. The van der Waals surface area contributed by atoms with Crippen LogP contribution in [0.4, 0.5) is 5.13 Å². The second-order valence-corrected chi connectivity index (χ2v) is 11.3. The summed E-state index contributed by atoms with van der Waals surface area (Å²) < 4.78 is 33.0. The number of hydrogen-bond acceptors (Lipinski definition) is 6. The second kappa shape index (κ2) is 9.47. The van der Waals surface area contributed by atoms with E-state index in [-0.39, 0.29) is 0 Å². The van der Waals surface area contributed by atoms with Gasteiger partial charge >= 0.3 is 0 Å². The van der Waals surface area contributed by atoms with Crippen LogP contribution in [0.25, 0.3) is 0 Å². The van der Waals surface area contributed by atoms with Crippen molar-refractivity contribution < 1.29 is 8.42 Å². The average Bonchev–Trinajstić information content (AvgIpc) is 3.02. The first kappa shape index (κ1) is 23.2. The van der Waals surface area contributed by atoms with Crippen molar-refractivity contribution in [1.29, 1.82) is 0 Å². The Balaban J connectivity index is 1.47. The number of rotatable bonds is 5. The number of halogens is 1. The molecule has 0 radical (unpaired) electrons. The van der Waals surface area contributed by atoms with Crippen molar-refractivity contribution in [2.24, 2.45) is 0 Å². The van der Waals surface area contributed by atoms with Gasteiger partial charge in [0.25, 0.3) is 0 Å². The third kappa shape index (κ3) is 4.98. The summed E-state index contributed by atoms with van der Waals surface area (Å²) in [4.78, 5) is 7.30. The Bertz CT molecular complexity index is 1190. The summed E-state index contributed by atoms with van der Waals surface area (Å²) in [5.74, 6) is 0.770. The van der Waals surface area contributed by atoms with Gasteiger partial charge in [-0.3, -0.25) is 0 Å². The number of anilines is 1. The Labute approximate surface area is 199 Å². The molecule has 170 valence electrons. The molecule has 0 spiro atoms. The maximum Gasteiger partial charge on any atom is 0.243 e. The molecule has 0 amide bonds. The molecule has 32 heavy (non-hydrogen) atoms. The number of hydrogen-bond donors (Lipinski definition) is 0. The molecule has 1 fully saturated rings. The van der Waals surface area contributed by atoms with E-state index in [0.29, 0.717) is 36.0 Å². The van der Waals surface area contributed by atoms with Gasteiger partial charge < -0.3 is 4.90 Å². The van der Waals surface area contributed by atoms with E-state index in [0.717, 1.165) is 46.2 Å². The lowest BCUT2D eigenvalue weighted by Crippen LogP contribution is -2.36. The largest absolute Gasteiger partial charge is 0.345 e. The molecule has 0 N–H and O–H groups in total. The zero-order valence-electron chi connectivity index (χ0n) is 18.5. The first-order valence-corrected chi connectivity index (χ1v) is 13.2. The molecule has 1 aromatic heterocycles. The summed E-state index contributed by atoms with van der Waals surface area (Å²) in [6.07, 6.45) is 1.39. The lowest BCUT2D eigenvalue weighted by molar-refractivity contribution is 0.432. The summed E-state index contributed by atoms with van der Waals surface area (Å²) in [6.45, 7) is 8.03. The van der Waals surface area contributed by atoms with Crippen LogP contribution < -0.4 is 4.90 Å². The lowest BCUT2D eigenvalue weighted by Gasteiger charge is -2.23.